The number of hydrogen-bond donors (Lipinski definition) is 1. The van der Waals surface area contributed by atoms with Gasteiger partial charge in [-0.1, -0.05) is 25.1 Å². The first kappa shape index (κ1) is 15.9. The quantitative estimate of drug-likeness (QED) is 0.895. The summed E-state index contributed by atoms with van der Waals surface area (Å²) in [7, 11) is 0. The third-order valence-corrected chi connectivity index (χ3v) is 4.30. The number of oxime groups is 1. The summed E-state index contributed by atoms with van der Waals surface area (Å²) in [5, 5.41) is 6.95. The highest BCUT2D eigenvalue weighted by atomic mass is 16.7. The highest BCUT2D eigenvalue weighted by Gasteiger charge is 2.46. The molecule has 1 fully saturated rings. The number of nitrogens with one attached hydrogen (secondary N) is 1. The average Bonchev–Trinajstić information content (AvgIpc) is 3.13. The normalized spacial score (nSPS) is 24.0. The molecule has 1 spiro atoms. The predicted octanol–water partition coefficient (Wildman–Crippen LogP) is 1.57. The molecule has 0 radical (unpaired) electrons. The van der Waals surface area contributed by atoms with E-state index in [0.717, 1.165) is 31.6 Å². The molecule has 124 valence electrons. The van der Waals surface area contributed by atoms with E-state index in [1.54, 1.807) is 12.4 Å². The van der Waals surface area contributed by atoms with Gasteiger partial charge in [0.25, 0.3) is 5.91 Å². The monoisotopic (exact) mass is 316 g/mol. The predicted molar refractivity (Wildman–Crippen MR) is 87.8 cm³/mol. The van der Waals surface area contributed by atoms with Crippen molar-refractivity contribution in [1.29, 1.82) is 0 Å². The Morgan fingerprint density at radius 2 is 2.39 bits per heavy atom. The third kappa shape index (κ3) is 3.88. The lowest BCUT2D eigenvalue weighted by atomic mass is 9.96. The Morgan fingerprint density at radius 3 is 3.13 bits per heavy atom. The minimum absolute atomic E-state index is 0.145. The number of amides is 1. The number of carbonyl (C=O) groups excluding carboxylic acids is 1. The van der Waals surface area contributed by atoms with Crippen LogP contribution in [0.25, 0.3) is 0 Å². The average molecular weight is 316 g/mol. The molecule has 1 atom stereocenters. The van der Waals surface area contributed by atoms with Crippen LogP contribution in [0.15, 0.2) is 29.7 Å². The number of rotatable bonds is 5. The van der Waals surface area contributed by atoms with Crippen LogP contribution in [0.1, 0.15) is 32.3 Å². The zero-order valence-corrected chi connectivity index (χ0v) is 13.8. The van der Waals surface area contributed by atoms with Crippen LogP contribution in [0.3, 0.4) is 0 Å². The van der Waals surface area contributed by atoms with E-state index in [2.05, 4.69) is 34.2 Å². The van der Waals surface area contributed by atoms with Gasteiger partial charge in [-0.3, -0.25) is 14.7 Å². The molecule has 0 saturated carbocycles. The maximum atomic E-state index is 12.3. The minimum Gasteiger partial charge on any atom is -0.387 e. The molecule has 1 aromatic rings. The van der Waals surface area contributed by atoms with Crippen molar-refractivity contribution in [1.82, 2.24) is 15.2 Å². The zero-order chi connectivity index (χ0) is 16.3. The van der Waals surface area contributed by atoms with Gasteiger partial charge in [-0.2, -0.15) is 0 Å². The highest BCUT2D eigenvalue weighted by Crippen LogP contribution is 2.34. The molecule has 0 aromatic carbocycles. The van der Waals surface area contributed by atoms with E-state index in [-0.39, 0.29) is 11.5 Å². The lowest BCUT2D eigenvalue weighted by Crippen LogP contribution is -2.37. The van der Waals surface area contributed by atoms with E-state index in [1.165, 1.54) is 0 Å². The standard InChI is InChI=1S/C17H24N4O2/c1-13(2)11-21-7-5-17(12-21)8-15(20-23-17)16(22)19-10-14-4-3-6-18-9-14/h3-4,6,9,13H,5,7-8,10-12H2,1-2H3,(H,19,22)/t17-/m0/s1. The Labute approximate surface area is 136 Å². The van der Waals surface area contributed by atoms with Crippen LogP contribution >= 0.6 is 0 Å². The number of pyridine rings is 1. The highest BCUT2D eigenvalue weighted by molar-refractivity contribution is 6.39. The van der Waals surface area contributed by atoms with Crippen LogP contribution in [0.4, 0.5) is 0 Å². The second-order valence-corrected chi connectivity index (χ2v) is 6.91. The summed E-state index contributed by atoms with van der Waals surface area (Å²) in [6, 6.07) is 3.79. The van der Waals surface area contributed by atoms with Gasteiger partial charge < -0.3 is 10.2 Å². The number of carbonyl (C=O) groups is 1. The fraction of sp³-hybridized carbons (Fsp3) is 0.588. The van der Waals surface area contributed by atoms with E-state index < -0.39 is 0 Å². The molecule has 3 rings (SSSR count). The molecule has 0 aliphatic carbocycles. The molecule has 0 unspecified atom stereocenters. The van der Waals surface area contributed by atoms with Crippen molar-refractivity contribution in [2.24, 2.45) is 11.1 Å². The molecule has 6 heteroatoms. The van der Waals surface area contributed by atoms with Crippen LogP contribution in [0.2, 0.25) is 0 Å². The fourth-order valence-corrected chi connectivity index (χ4v) is 3.25. The van der Waals surface area contributed by atoms with Crippen LogP contribution in [-0.4, -0.2) is 46.7 Å². The second kappa shape index (κ2) is 6.66. The van der Waals surface area contributed by atoms with Gasteiger partial charge in [0.1, 0.15) is 5.71 Å². The van der Waals surface area contributed by atoms with Crippen molar-refractivity contribution < 1.29 is 9.63 Å². The maximum absolute atomic E-state index is 12.3. The first-order chi connectivity index (χ1) is 11.1. The Morgan fingerprint density at radius 1 is 1.52 bits per heavy atom. The Bertz CT molecular complexity index is 588. The molecule has 6 nitrogen and oxygen atoms in total. The van der Waals surface area contributed by atoms with E-state index in [1.807, 2.05) is 12.1 Å². The van der Waals surface area contributed by atoms with Gasteiger partial charge in [0.05, 0.1) is 0 Å². The minimum atomic E-state index is -0.296. The van der Waals surface area contributed by atoms with Crippen molar-refractivity contribution in [3.05, 3.63) is 30.1 Å². The van der Waals surface area contributed by atoms with Crippen LogP contribution in [-0.2, 0) is 16.2 Å². The molecule has 1 saturated heterocycles. The summed E-state index contributed by atoms with van der Waals surface area (Å²) in [6.45, 7) is 7.82. The van der Waals surface area contributed by atoms with Crippen molar-refractivity contribution >= 4 is 11.6 Å². The van der Waals surface area contributed by atoms with Gasteiger partial charge >= 0.3 is 0 Å². The van der Waals surface area contributed by atoms with Crippen molar-refractivity contribution in [3.63, 3.8) is 0 Å². The summed E-state index contributed by atoms with van der Waals surface area (Å²) >= 11 is 0. The molecule has 0 bridgehead atoms. The van der Waals surface area contributed by atoms with Gasteiger partial charge in [-0.05, 0) is 17.5 Å². The Balaban J connectivity index is 1.50. The van der Waals surface area contributed by atoms with Crippen LogP contribution in [0.5, 0.6) is 0 Å². The van der Waals surface area contributed by atoms with Gasteiger partial charge in [-0.25, -0.2) is 0 Å². The molecular weight excluding hydrogens is 292 g/mol. The summed E-state index contributed by atoms with van der Waals surface area (Å²) < 4.78 is 0. The van der Waals surface area contributed by atoms with Crippen molar-refractivity contribution in [2.75, 3.05) is 19.6 Å². The Kier molecular flexibility index (Phi) is 4.61. The third-order valence-electron chi connectivity index (χ3n) is 4.30. The SMILES string of the molecule is CC(C)CN1CC[C@]2(CC(C(=O)NCc3cccnc3)=NO2)C1. The van der Waals surface area contributed by atoms with E-state index >= 15 is 0 Å². The smallest absolute Gasteiger partial charge is 0.269 e. The van der Waals surface area contributed by atoms with Crippen molar-refractivity contribution in [2.45, 2.75) is 38.8 Å². The summed E-state index contributed by atoms with van der Waals surface area (Å²) in [5.41, 5.74) is 1.18. The molecular formula is C17H24N4O2. The molecule has 23 heavy (non-hydrogen) atoms. The topological polar surface area (TPSA) is 66.8 Å². The molecule has 2 aliphatic rings. The van der Waals surface area contributed by atoms with Gasteiger partial charge in [0, 0.05) is 51.4 Å². The molecule has 1 aromatic heterocycles. The summed E-state index contributed by atoms with van der Waals surface area (Å²) in [6.07, 6.45) is 4.99. The number of nitrogens with zero attached hydrogens (tertiary/aromatic N) is 3. The zero-order valence-electron chi connectivity index (χ0n) is 13.8. The molecule has 2 aliphatic heterocycles. The largest absolute Gasteiger partial charge is 0.387 e. The number of aromatic nitrogens is 1. The van der Waals surface area contributed by atoms with Crippen LogP contribution < -0.4 is 5.32 Å². The van der Waals surface area contributed by atoms with E-state index in [4.69, 9.17) is 4.84 Å². The maximum Gasteiger partial charge on any atom is 0.269 e. The van der Waals surface area contributed by atoms with Crippen molar-refractivity contribution in [3.8, 4) is 0 Å². The lowest BCUT2D eigenvalue weighted by Gasteiger charge is -2.22. The molecule has 1 amide bonds. The lowest BCUT2D eigenvalue weighted by molar-refractivity contribution is -0.115. The summed E-state index contributed by atoms with van der Waals surface area (Å²) in [4.78, 5) is 24.4. The first-order valence-corrected chi connectivity index (χ1v) is 8.21. The van der Waals surface area contributed by atoms with Gasteiger partial charge in [0.15, 0.2) is 5.60 Å². The van der Waals surface area contributed by atoms with E-state index in [9.17, 15) is 4.79 Å². The fourth-order valence-electron chi connectivity index (χ4n) is 3.25. The Hall–Kier alpha value is -1.95. The van der Waals surface area contributed by atoms with Gasteiger partial charge in [-0.15, -0.1) is 0 Å². The number of likely N-dealkylation sites (tertiary alicyclic amines) is 1. The van der Waals surface area contributed by atoms with E-state index in [0.29, 0.717) is 24.6 Å². The van der Waals surface area contributed by atoms with Gasteiger partial charge in [0.2, 0.25) is 0 Å². The first-order valence-electron chi connectivity index (χ1n) is 8.21. The second-order valence-electron chi connectivity index (χ2n) is 6.91. The number of hydrogen-bond acceptors (Lipinski definition) is 5. The van der Waals surface area contributed by atoms with Crippen LogP contribution in [0, 0.1) is 5.92 Å². The molecule has 3 heterocycles. The molecule has 1 N–H and O–H groups in total. The summed E-state index contributed by atoms with van der Waals surface area (Å²) in [5.74, 6) is 0.489.